The summed E-state index contributed by atoms with van der Waals surface area (Å²) in [5, 5.41) is 3.06. The maximum Gasteiger partial charge on any atom is 0.338 e. The molecule has 7 nitrogen and oxygen atoms in total. The van der Waals surface area contributed by atoms with E-state index in [-0.39, 0.29) is 13.0 Å². The van der Waals surface area contributed by atoms with E-state index < -0.39 is 27.9 Å². The van der Waals surface area contributed by atoms with Crippen molar-refractivity contribution in [1.29, 1.82) is 0 Å². The van der Waals surface area contributed by atoms with Crippen molar-refractivity contribution in [2.24, 2.45) is 0 Å². The molecule has 29 heavy (non-hydrogen) atoms. The SMILES string of the molecule is CCOC(=O)c1ccc(NC(=O)[C@@H](CC)N(c2cccc(Cl)c2)S(C)(=O)=O)cc1. The van der Waals surface area contributed by atoms with Gasteiger partial charge in [0.05, 0.1) is 24.1 Å². The van der Waals surface area contributed by atoms with Gasteiger partial charge in [0.15, 0.2) is 0 Å². The second-order valence-electron chi connectivity index (χ2n) is 6.25. The van der Waals surface area contributed by atoms with Crippen LogP contribution in [0, 0.1) is 0 Å². The van der Waals surface area contributed by atoms with Crippen LogP contribution in [0.2, 0.25) is 5.02 Å². The largest absolute Gasteiger partial charge is 0.462 e. The summed E-state index contributed by atoms with van der Waals surface area (Å²) < 4.78 is 30.8. The molecule has 0 bridgehead atoms. The monoisotopic (exact) mass is 438 g/mol. The van der Waals surface area contributed by atoms with Crippen molar-refractivity contribution in [2.75, 3.05) is 22.5 Å². The second-order valence-corrected chi connectivity index (χ2v) is 8.55. The lowest BCUT2D eigenvalue weighted by Gasteiger charge is -2.30. The Kier molecular flexibility index (Phi) is 7.64. The van der Waals surface area contributed by atoms with Crippen LogP contribution in [-0.2, 0) is 19.6 Å². The number of halogens is 1. The summed E-state index contributed by atoms with van der Waals surface area (Å²) in [5.41, 5.74) is 1.09. The van der Waals surface area contributed by atoms with Crippen LogP contribution in [0.25, 0.3) is 0 Å². The molecule has 0 unspecified atom stereocenters. The van der Waals surface area contributed by atoms with E-state index in [4.69, 9.17) is 16.3 Å². The highest BCUT2D eigenvalue weighted by Crippen LogP contribution is 2.26. The summed E-state index contributed by atoms with van der Waals surface area (Å²) in [4.78, 5) is 24.6. The molecule has 1 atom stereocenters. The van der Waals surface area contributed by atoms with Crippen LogP contribution in [0.1, 0.15) is 30.6 Å². The van der Waals surface area contributed by atoms with E-state index in [0.717, 1.165) is 10.6 Å². The van der Waals surface area contributed by atoms with Crippen molar-refractivity contribution in [3.63, 3.8) is 0 Å². The molecule has 2 aromatic carbocycles. The van der Waals surface area contributed by atoms with Crippen LogP contribution in [0.5, 0.6) is 0 Å². The number of sulfonamides is 1. The molecule has 9 heteroatoms. The molecule has 2 rings (SSSR count). The molecule has 0 aliphatic rings. The summed E-state index contributed by atoms with van der Waals surface area (Å²) in [5.74, 6) is -0.956. The molecule has 0 radical (unpaired) electrons. The number of nitrogens with zero attached hydrogens (tertiary/aromatic N) is 1. The highest BCUT2D eigenvalue weighted by molar-refractivity contribution is 7.92. The lowest BCUT2D eigenvalue weighted by atomic mass is 10.1. The third kappa shape index (κ3) is 5.95. The Hall–Kier alpha value is -2.58. The zero-order chi connectivity index (χ0) is 21.6. The van der Waals surface area contributed by atoms with Crippen molar-refractivity contribution >= 4 is 44.9 Å². The molecule has 0 aliphatic heterocycles. The molecule has 0 heterocycles. The fraction of sp³-hybridized carbons (Fsp3) is 0.300. The van der Waals surface area contributed by atoms with E-state index in [9.17, 15) is 18.0 Å². The number of amides is 1. The van der Waals surface area contributed by atoms with Crippen molar-refractivity contribution in [1.82, 2.24) is 0 Å². The average Bonchev–Trinajstić information content (AvgIpc) is 2.65. The van der Waals surface area contributed by atoms with Gasteiger partial charge in [0.2, 0.25) is 15.9 Å². The number of carbonyl (C=O) groups is 2. The topological polar surface area (TPSA) is 92.8 Å². The highest BCUT2D eigenvalue weighted by atomic mass is 35.5. The van der Waals surface area contributed by atoms with E-state index in [1.54, 1.807) is 44.2 Å². The maximum atomic E-state index is 12.9. The first-order valence-corrected chi connectivity index (χ1v) is 11.2. The van der Waals surface area contributed by atoms with Crippen LogP contribution in [0.4, 0.5) is 11.4 Å². The molecule has 1 N–H and O–H groups in total. The van der Waals surface area contributed by atoms with Crippen molar-refractivity contribution in [2.45, 2.75) is 26.3 Å². The Morgan fingerprint density at radius 1 is 1.14 bits per heavy atom. The summed E-state index contributed by atoms with van der Waals surface area (Å²) in [6, 6.07) is 11.5. The molecular weight excluding hydrogens is 416 g/mol. The summed E-state index contributed by atoms with van der Waals surface area (Å²) in [6.07, 6.45) is 1.28. The molecule has 0 spiro atoms. The van der Waals surface area contributed by atoms with Gasteiger partial charge < -0.3 is 10.1 Å². The van der Waals surface area contributed by atoms with Crippen LogP contribution < -0.4 is 9.62 Å². The highest BCUT2D eigenvalue weighted by Gasteiger charge is 2.31. The molecule has 0 aliphatic carbocycles. The van der Waals surface area contributed by atoms with Gasteiger partial charge in [0.25, 0.3) is 0 Å². The van der Waals surface area contributed by atoms with Gasteiger partial charge in [-0.1, -0.05) is 24.6 Å². The van der Waals surface area contributed by atoms with Gasteiger partial charge in [-0.2, -0.15) is 0 Å². The number of nitrogens with one attached hydrogen (secondary N) is 1. The molecule has 0 saturated carbocycles. The first-order chi connectivity index (χ1) is 13.7. The van der Waals surface area contributed by atoms with Gasteiger partial charge in [0.1, 0.15) is 6.04 Å². The lowest BCUT2D eigenvalue weighted by Crippen LogP contribution is -2.47. The third-order valence-electron chi connectivity index (χ3n) is 4.06. The summed E-state index contributed by atoms with van der Waals surface area (Å²) in [7, 11) is -3.75. The predicted molar refractivity (Wildman–Crippen MR) is 114 cm³/mol. The molecule has 2 aromatic rings. The minimum absolute atomic E-state index is 0.242. The Balaban J connectivity index is 2.27. The zero-order valence-corrected chi connectivity index (χ0v) is 18.0. The predicted octanol–water partition coefficient (Wildman–Crippen LogP) is 3.70. The number of rotatable bonds is 8. The first-order valence-electron chi connectivity index (χ1n) is 9.00. The van der Waals surface area contributed by atoms with Crippen LogP contribution in [-0.4, -0.2) is 39.2 Å². The maximum absolute atomic E-state index is 12.9. The summed E-state index contributed by atoms with van der Waals surface area (Å²) in [6.45, 7) is 3.70. The van der Waals surface area contributed by atoms with E-state index in [1.165, 1.54) is 18.2 Å². The molecular formula is C20H23ClN2O5S. The second kappa shape index (κ2) is 9.76. The minimum Gasteiger partial charge on any atom is -0.462 e. The van der Waals surface area contributed by atoms with Crippen LogP contribution in [0.3, 0.4) is 0 Å². The van der Waals surface area contributed by atoms with Crippen molar-refractivity contribution in [3.8, 4) is 0 Å². The van der Waals surface area contributed by atoms with Gasteiger partial charge in [-0.15, -0.1) is 0 Å². The van der Waals surface area contributed by atoms with E-state index in [2.05, 4.69) is 5.32 Å². The quantitative estimate of drug-likeness (QED) is 0.634. The molecule has 0 aromatic heterocycles. The summed E-state index contributed by atoms with van der Waals surface area (Å²) >= 11 is 6.00. The number of anilines is 2. The molecule has 0 fully saturated rings. The number of ether oxygens (including phenoxy) is 1. The van der Waals surface area contributed by atoms with E-state index in [0.29, 0.717) is 22.0 Å². The lowest BCUT2D eigenvalue weighted by molar-refractivity contribution is -0.117. The Morgan fingerprint density at radius 2 is 1.79 bits per heavy atom. The van der Waals surface area contributed by atoms with E-state index >= 15 is 0 Å². The average molecular weight is 439 g/mol. The number of carbonyl (C=O) groups excluding carboxylic acids is 2. The van der Waals surface area contributed by atoms with Crippen LogP contribution >= 0.6 is 11.6 Å². The van der Waals surface area contributed by atoms with Gasteiger partial charge in [-0.25, -0.2) is 13.2 Å². The van der Waals surface area contributed by atoms with E-state index in [1.807, 2.05) is 0 Å². The van der Waals surface area contributed by atoms with Gasteiger partial charge in [-0.05, 0) is 55.8 Å². The Bertz CT molecular complexity index is 977. The fourth-order valence-electron chi connectivity index (χ4n) is 2.80. The minimum atomic E-state index is -3.75. The third-order valence-corrected chi connectivity index (χ3v) is 5.47. The van der Waals surface area contributed by atoms with Gasteiger partial charge in [-0.3, -0.25) is 9.10 Å². The fourth-order valence-corrected chi connectivity index (χ4v) is 4.19. The standard InChI is InChI=1S/C20H23ClN2O5S/c1-4-18(23(29(3,26)27)17-8-6-7-15(21)13-17)19(24)22-16-11-9-14(10-12-16)20(25)28-5-2/h6-13,18H,4-5H2,1-3H3,(H,22,24)/t18-/m1/s1. The molecule has 1 amide bonds. The van der Waals surface area contributed by atoms with Gasteiger partial charge in [0, 0.05) is 10.7 Å². The van der Waals surface area contributed by atoms with Gasteiger partial charge >= 0.3 is 5.97 Å². The number of hydrogen-bond donors (Lipinski definition) is 1. The number of esters is 1. The normalized spacial score (nSPS) is 12.1. The van der Waals surface area contributed by atoms with Crippen LogP contribution in [0.15, 0.2) is 48.5 Å². The Morgan fingerprint density at radius 3 is 2.31 bits per heavy atom. The zero-order valence-electron chi connectivity index (χ0n) is 16.4. The van der Waals surface area contributed by atoms with Crippen molar-refractivity contribution < 1.29 is 22.7 Å². The Labute approximate surface area is 175 Å². The number of benzene rings is 2. The molecule has 156 valence electrons. The van der Waals surface area contributed by atoms with Crippen molar-refractivity contribution in [3.05, 3.63) is 59.1 Å². The smallest absolute Gasteiger partial charge is 0.338 e. The number of hydrogen-bond acceptors (Lipinski definition) is 5. The molecule has 0 saturated heterocycles. The first kappa shape index (κ1) is 22.7.